The molecular formula is C12H22N2O5. The van der Waals surface area contributed by atoms with E-state index in [-0.39, 0.29) is 0 Å². The summed E-state index contributed by atoms with van der Waals surface area (Å²) in [6.07, 6.45) is 1.40. The van der Waals surface area contributed by atoms with Gasteiger partial charge in [-0.05, 0) is 18.8 Å². The number of carboxylic acid groups (broad SMARTS) is 1. The van der Waals surface area contributed by atoms with Crippen LogP contribution in [0.2, 0.25) is 0 Å². The molecule has 0 aromatic heterocycles. The normalized spacial score (nSPS) is 11.8. The summed E-state index contributed by atoms with van der Waals surface area (Å²) >= 11 is 0. The number of carbonyl (C=O) groups is 3. The molecule has 0 aliphatic rings. The minimum absolute atomic E-state index is 0.398. The van der Waals surface area contributed by atoms with Crippen LogP contribution in [-0.2, 0) is 14.3 Å². The van der Waals surface area contributed by atoms with Gasteiger partial charge >= 0.3 is 18.0 Å². The number of hydrogen-bond donors (Lipinski definition) is 3. The van der Waals surface area contributed by atoms with E-state index in [1.165, 1.54) is 0 Å². The third kappa shape index (κ3) is 8.87. The molecule has 0 fully saturated rings. The van der Waals surface area contributed by atoms with E-state index in [2.05, 4.69) is 29.2 Å². The summed E-state index contributed by atoms with van der Waals surface area (Å²) in [6, 6.07) is -1.88. The maximum Gasteiger partial charge on any atom is 0.326 e. The number of aliphatic carboxylic acids is 1. The third-order valence-corrected chi connectivity index (χ3v) is 2.45. The average molecular weight is 274 g/mol. The lowest BCUT2D eigenvalue weighted by molar-refractivity contribution is -0.147. The fourth-order valence-corrected chi connectivity index (χ4v) is 1.37. The van der Waals surface area contributed by atoms with Crippen LogP contribution in [0.1, 0.15) is 33.1 Å². The van der Waals surface area contributed by atoms with Gasteiger partial charge in [-0.3, -0.25) is 4.79 Å². The first kappa shape index (κ1) is 17.2. The van der Waals surface area contributed by atoms with E-state index < -0.39 is 30.4 Å². The number of rotatable bonds is 8. The first-order valence-electron chi connectivity index (χ1n) is 6.20. The molecule has 0 heterocycles. The molecule has 0 saturated heterocycles. The lowest BCUT2D eigenvalue weighted by Crippen LogP contribution is -2.47. The predicted octanol–water partition coefficient (Wildman–Crippen LogP) is 0.738. The third-order valence-electron chi connectivity index (χ3n) is 2.45. The maximum atomic E-state index is 11.4. The molecule has 110 valence electrons. The van der Waals surface area contributed by atoms with Crippen molar-refractivity contribution in [2.75, 3.05) is 13.7 Å². The van der Waals surface area contributed by atoms with Crippen molar-refractivity contribution in [3.05, 3.63) is 0 Å². The van der Waals surface area contributed by atoms with E-state index in [1.54, 1.807) is 0 Å². The Morgan fingerprint density at radius 1 is 1.26 bits per heavy atom. The topological polar surface area (TPSA) is 105 Å². The lowest BCUT2D eigenvalue weighted by atomic mass is 10.1. The van der Waals surface area contributed by atoms with E-state index >= 15 is 0 Å². The maximum absolute atomic E-state index is 11.4. The van der Waals surface area contributed by atoms with Gasteiger partial charge in [0.05, 0.1) is 13.5 Å². The molecule has 2 amide bonds. The Hall–Kier alpha value is -1.79. The van der Waals surface area contributed by atoms with Crippen molar-refractivity contribution in [3.8, 4) is 0 Å². The largest absolute Gasteiger partial charge is 0.480 e. The number of ether oxygens (including phenoxy) is 1. The van der Waals surface area contributed by atoms with Crippen LogP contribution in [0.4, 0.5) is 4.79 Å². The molecule has 0 aliphatic heterocycles. The van der Waals surface area contributed by atoms with Crippen LogP contribution in [0.25, 0.3) is 0 Å². The Morgan fingerprint density at radius 2 is 1.89 bits per heavy atom. The second kappa shape index (κ2) is 9.18. The van der Waals surface area contributed by atoms with Crippen LogP contribution in [0, 0.1) is 5.92 Å². The lowest BCUT2D eigenvalue weighted by Gasteiger charge is -2.14. The number of methoxy groups -OCH3 is 1. The predicted molar refractivity (Wildman–Crippen MR) is 68.7 cm³/mol. The minimum Gasteiger partial charge on any atom is -0.480 e. The Balaban J connectivity index is 4.04. The second-order valence-corrected chi connectivity index (χ2v) is 4.61. The van der Waals surface area contributed by atoms with Crippen LogP contribution in [0.5, 0.6) is 0 Å². The summed E-state index contributed by atoms with van der Waals surface area (Å²) in [5.74, 6) is -1.41. The number of amides is 2. The van der Waals surface area contributed by atoms with Gasteiger partial charge in [-0.25, -0.2) is 9.59 Å². The molecule has 0 bridgehead atoms. The van der Waals surface area contributed by atoms with E-state index in [9.17, 15) is 14.4 Å². The quantitative estimate of drug-likeness (QED) is 0.447. The van der Waals surface area contributed by atoms with E-state index in [0.29, 0.717) is 12.5 Å². The number of esters is 1. The molecule has 0 aliphatic carbocycles. The summed E-state index contributed by atoms with van der Waals surface area (Å²) in [4.78, 5) is 33.3. The van der Waals surface area contributed by atoms with Gasteiger partial charge in [0.25, 0.3) is 0 Å². The smallest absolute Gasteiger partial charge is 0.326 e. The Kier molecular flexibility index (Phi) is 8.32. The zero-order valence-corrected chi connectivity index (χ0v) is 11.6. The van der Waals surface area contributed by atoms with Crippen LogP contribution in [0.15, 0.2) is 0 Å². The molecule has 0 saturated carbocycles. The van der Waals surface area contributed by atoms with Crippen molar-refractivity contribution in [2.45, 2.75) is 39.2 Å². The van der Waals surface area contributed by atoms with Crippen molar-refractivity contribution in [2.24, 2.45) is 5.92 Å². The molecule has 0 aromatic carbocycles. The van der Waals surface area contributed by atoms with Gasteiger partial charge in [0, 0.05) is 6.54 Å². The van der Waals surface area contributed by atoms with Crippen molar-refractivity contribution >= 4 is 18.0 Å². The fourth-order valence-electron chi connectivity index (χ4n) is 1.37. The summed E-state index contributed by atoms with van der Waals surface area (Å²) in [5, 5.41) is 13.6. The van der Waals surface area contributed by atoms with Crippen LogP contribution in [0.3, 0.4) is 0 Å². The highest BCUT2D eigenvalue weighted by Crippen LogP contribution is 2.01. The molecule has 0 unspecified atom stereocenters. The molecule has 7 heteroatoms. The van der Waals surface area contributed by atoms with Crippen LogP contribution in [-0.4, -0.2) is 42.8 Å². The number of carbonyl (C=O) groups excluding carboxylic acids is 2. The monoisotopic (exact) mass is 274 g/mol. The molecule has 0 rings (SSSR count). The van der Waals surface area contributed by atoms with Crippen molar-refractivity contribution in [3.63, 3.8) is 0 Å². The standard InChI is InChI=1S/C12H22N2O5/c1-8(2)5-4-6-13-12(18)14-9(11(16)17)7-10(15)19-3/h8-9H,4-7H2,1-3H3,(H,16,17)(H2,13,14,18)/t9-/m0/s1. The Morgan fingerprint density at radius 3 is 2.37 bits per heavy atom. The molecule has 0 aromatic rings. The highest BCUT2D eigenvalue weighted by molar-refractivity contribution is 5.86. The van der Waals surface area contributed by atoms with Gasteiger partial charge in [0.2, 0.25) is 0 Å². The Bertz CT molecular complexity index is 317. The first-order chi connectivity index (χ1) is 8.86. The van der Waals surface area contributed by atoms with Gasteiger partial charge in [0.1, 0.15) is 6.04 Å². The van der Waals surface area contributed by atoms with E-state index in [4.69, 9.17) is 5.11 Å². The molecular weight excluding hydrogens is 252 g/mol. The average Bonchev–Trinajstić information content (AvgIpc) is 2.33. The van der Waals surface area contributed by atoms with Gasteiger partial charge in [-0.1, -0.05) is 13.8 Å². The molecule has 3 N–H and O–H groups in total. The highest BCUT2D eigenvalue weighted by atomic mass is 16.5. The molecule has 0 radical (unpaired) electrons. The van der Waals surface area contributed by atoms with Gasteiger partial charge in [-0.15, -0.1) is 0 Å². The SMILES string of the molecule is COC(=O)C[C@H](NC(=O)NCCCC(C)C)C(=O)O. The summed E-state index contributed by atoms with van der Waals surface area (Å²) in [5.41, 5.74) is 0. The zero-order valence-electron chi connectivity index (χ0n) is 11.6. The fraction of sp³-hybridized carbons (Fsp3) is 0.750. The molecule has 7 nitrogen and oxygen atoms in total. The van der Waals surface area contributed by atoms with Crippen LogP contribution >= 0.6 is 0 Å². The molecule has 19 heavy (non-hydrogen) atoms. The number of hydrogen-bond acceptors (Lipinski definition) is 4. The number of urea groups is 1. The molecule has 0 spiro atoms. The van der Waals surface area contributed by atoms with Crippen LogP contribution < -0.4 is 10.6 Å². The summed E-state index contributed by atoms with van der Waals surface area (Å²) < 4.78 is 4.36. The minimum atomic E-state index is -1.28. The Labute approximate surface area is 112 Å². The van der Waals surface area contributed by atoms with Gasteiger partial charge in [0.15, 0.2) is 0 Å². The van der Waals surface area contributed by atoms with E-state index in [1.807, 2.05) is 0 Å². The molecule has 1 atom stereocenters. The first-order valence-corrected chi connectivity index (χ1v) is 6.20. The van der Waals surface area contributed by atoms with Crippen molar-refractivity contribution in [1.29, 1.82) is 0 Å². The number of nitrogens with one attached hydrogen (secondary N) is 2. The number of carboxylic acids is 1. The van der Waals surface area contributed by atoms with Gasteiger partial charge in [-0.2, -0.15) is 0 Å². The summed E-state index contributed by atoms with van der Waals surface area (Å²) in [7, 11) is 1.16. The highest BCUT2D eigenvalue weighted by Gasteiger charge is 2.23. The summed E-state index contributed by atoms with van der Waals surface area (Å²) in [6.45, 7) is 4.63. The van der Waals surface area contributed by atoms with Crippen molar-refractivity contribution in [1.82, 2.24) is 10.6 Å². The van der Waals surface area contributed by atoms with Gasteiger partial charge < -0.3 is 20.5 Å². The zero-order chi connectivity index (χ0) is 14.8. The van der Waals surface area contributed by atoms with E-state index in [0.717, 1.165) is 20.0 Å². The van der Waals surface area contributed by atoms with Crippen molar-refractivity contribution < 1.29 is 24.2 Å². The second-order valence-electron chi connectivity index (χ2n) is 4.61.